The highest BCUT2D eigenvalue weighted by Crippen LogP contribution is 2.22. The minimum atomic E-state index is -0.166. The van der Waals surface area contributed by atoms with Crippen LogP contribution in [0.25, 0.3) is 0 Å². The Bertz CT molecular complexity index is 705. The molecule has 2 aromatic rings. The van der Waals surface area contributed by atoms with E-state index >= 15 is 0 Å². The average molecular weight is 334 g/mol. The second kappa shape index (κ2) is 7.69. The molecule has 6 heteroatoms. The number of anilines is 2. The third-order valence-corrected chi connectivity index (χ3v) is 3.30. The first-order valence-corrected chi connectivity index (χ1v) is 7.33. The number of hydrogen-bond donors (Lipinski definition) is 2. The van der Waals surface area contributed by atoms with Gasteiger partial charge in [-0.25, -0.2) is 0 Å². The summed E-state index contributed by atoms with van der Waals surface area (Å²) in [6, 6.07) is 14.1. The van der Waals surface area contributed by atoms with E-state index in [1.807, 2.05) is 6.07 Å². The lowest BCUT2D eigenvalue weighted by Crippen LogP contribution is -2.16. The molecule has 0 aliphatic heterocycles. The molecule has 0 saturated carbocycles. The van der Waals surface area contributed by atoms with Gasteiger partial charge in [0.1, 0.15) is 6.07 Å². The van der Waals surface area contributed by atoms with Gasteiger partial charge in [0.15, 0.2) is 0 Å². The lowest BCUT2D eigenvalue weighted by Gasteiger charge is -2.09. The molecule has 2 aromatic carbocycles. The molecule has 0 aliphatic carbocycles. The van der Waals surface area contributed by atoms with Crippen molar-refractivity contribution in [1.82, 2.24) is 0 Å². The Balaban J connectivity index is 1.87. The van der Waals surface area contributed by atoms with E-state index in [0.29, 0.717) is 33.5 Å². The molecule has 0 aromatic heterocycles. The van der Waals surface area contributed by atoms with Crippen LogP contribution in [0.4, 0.5) is 11.4 Å². The summed E-state index contributed by atoms with van der Waals surface area (Å²) >= 11 is 11.7. The lowest BCUT2D eigenvalue weighted by molar-refractivity contribution is -0.115. The maximum Gasteiger partial charge on any atom is 0.226 e. The first-order chi connectivity index (χ1) is 10.6. The summed E-state index contributed by atoms with van der Waals surface area (Å²) in [5, 5.41) is 15.7. The van der Waals surface area contributed by atoms with Crippen LogP contribution in [-0.2, 0) is 4.79 Å². The van der Waals surface area contributed by atoms with E-state index in [4.69, 9.17) is 28.5 Å². The predicted octanol–water partition coefficient (Wildman–Crippen LogP) is 4.31. The third kappa shape index (κ3) is 4.66. The zero-order valence-electron chi connectivity index (χ0n) is 11.6. The second-order valence-electron chi connectivity index (χ2n) is 4.54. The fourth-order valence-corrected chi connectivity index (χ4v) is 2.42. The molecule has 4 nitrogen and oxygen atoms in total. The van der Waals surface area contributed by atoms with Crippen LogP contribution >= 0.6 is 23.2 Å². The zero-order chi connectivity index (χ0) is 15.9. The molecule has 0 saturated heterocycles. The summed E-state index contributed by atoms with van der Waals surface area (Å²) in [7, 11) is 0. The number of carbonyl (C=O) groups excluding carboxylic acids is 1. The second-order valence-corrected chi connectivity index (χ2v) is 5.41. The molecule has 0 bridgehead atoms. The Hall–Kier alpha value is -2.22. The van der Waals surface area contributed by atoms with Gasteiger partial charge in [-0.2, -0.15) is 5.26 Å². The monoisotopic (exact) mass is 333 g/mol. The van der Waals surface area contributed by atoms with Crippen LogP contribution < -0.4 is 10.6 Å². The van der Waals surface area contributed by atoms with Crippen LogP contribution in [-0.4, -0.2) is 12.5 Å². The van der Waals surface area contributed by atoms with Gasteiger partial charge in [0, 0.05) is 28.7 Å². The third-order valence-electron chi connectivity index (χ3n) is 2.86. The highest BCUT2D eigenvalue weighted by Gasteiger charge is 2.05. The van der Waals surface area contributed by atoms with Gasteiger partial charge in [-0.15, -0.1) is 0 Å². The Labute approximate surface area is 138 Å². The van der Waals surface area contributed by atoms with Gasteiger partial charge in [-0.05, 0) is 30.3 Å². The van der Waals surface area contributed by atoms with Crippen molar-refractivity contribution in [2.45, 2.75) is 6.42 Å². The number of nitrogens with one attached hydrogen (secondary N) is 2. The molecule has 0 radical (unpaired) electrons. The summed E-state index contributed by atoms with van der Waals surface area (Å²) in [5.41, 5.74) is 1.81. The van der Waals surface area contributed by atoms with Crippen LogP contribution in [0.1, 0.15) is 12.0 Å². The lowest BCUT2D eigenvalue weighted by atomic mass is 10.2. The van der Waals surface area contributed by atoms with Crippen molar-refractivity contribution < 1.29 is 4.79 Å². The minimum Gasteiger partial charge on any atom is -0.383 e. The predicted molar refractivity (Wildman–Crippen MR) is 89.4 cm³/mol. The molecule has 0 aliphatic rings. The zero-order valence-corrected chi connectivity index (χ0v) is 13.1. The number of rotatable bonds is 5. The SMILES string of the molecule is N#Cc1ccccc1NCCC(=O)Nc1cc(Cl)cc(Cl)c1. The molecular formula is C16H13Cl2N3O. The fraction of sp³-hybridized carbons (Fsp3) is 0.125. The van der Waals surface area contributed by atoms with Crippen molar-refractivity contribution in [2.24, 2.45) is 0 Å². The summed E-state index contributed by atoms with van der Waals surface area (Å²) in [5.74, 6) is -0.166. The van der Waals surface area contributed by atoms with Crippen LogP contribution in [0.5, 0.6) is 0 Å². The summed E-state index contributed by atoms with van der Waals surface area (Å²) in [6.45, 7) is 0.416. The number of nitrogens with zero attached hydrogens (tertiary/aromatic N) is 1. The molecular weight excluding hydrogens is 321 g/mol. The number of amides is 1. The normalized spacial score (nSPS) is 9.86. The van der Waals surface area contributed by atoms with E-state index in [0.717, 1.165) is 0 Å². The standard InChI is InChI=1S/C16H13Cl2N3O/c17-12-7-13(18)9-14(8-12)21-16(22)5-6-20-15-4-2-1-3-11(15)10-19/h1-4,7-9,20H,5-6H2,(H,21,22). The number of benzene rings is 2. The molecule has 0 unspecified atom stereocenters. The number of nitriles is 1. The number of halogens is 2. The summed E-state index contributed by atoms with van der Waals surface area (Å²) in [4.78, 5) is 11.9. The Morgan fingerprint density at radius 3 is 2.50 bits per heavy atom. The average Bonchev–Trinajstić information content (AvgIpc) is 2.46. The fourth-order valence-electron chi connectivity index (χ4n) is 1.89. The van der Waals surface area contributed by atoms with E-state index in [1.165, 1.54) is 0 Å². The number of hydrogen-bond acceptors (Lipinski definition) is 3. The van der Waals surface area contributed by atoms with Crippen LogP contribution in [0.2, 0.25) is 10.0 Å². The molecule has 112 valence electrons. The molecule has 0 spiro atoms. The summed E-state index contributed by atoms with van der Waals surface area (Å²) < 4.78 is 0. The van der Waals surface area contributed by atoms with Gasteiger partial charge in [0.25, 0.3) is 0 Å². The molecule has 22 heavy (non-hydrogen) atoms. The van der Waals surface area contributed by atoms with E-state index in [2.05, 4.69) is 16.7 Å². The van der Waals surface area contributed by atoms with Crippen molar-refractivity contribution in [3.63, 3.8) is 0 Å². The highest BCUT2D eigenvalue weighted by molar-refractivity contribution is 6.35. The van der Waals surface area contributed by atoms with Gasteiger partial charge in [0.05, 0.1) is 11.3 Å². The largest absolute Gasteiger partial charge is 0.383 e. The van der Waals surface area contributed by atoms with E-state index in [1.54, 1.807) is 36.4 Å². The van der Waals surface area contributed by atoms with Crippen molar-refractivity contribution in [3.05, 3.63) is 58.1 Å². The topological polar surface area (TPSA) is 64.9 Å². The number of carbonyl (C=O) groups is 1. The van der Waals surface area contributed by atoms with Crippen molar-refractivity contribution >= 4 is 40.5 Å². The van der Waals surface area contributed by atoms with Gasteiger partial charge in [-0.1, -0.05) is 35.3 Å². The molecule has 2 N–H and O–H groups in total. The first kappa shape index (κ1) is 16.2. The van der Waals surface area contributed by atoms with Gasteiger partial charge < -0.3 is 10.6 Å². The van der Waals surface area contributed by atoms with Crippen LogP contribution in [0.3, 0.4) is 0 Å². The molecule has 2 rings (SSSR count). The van der Waals surface area contributed by atoms with E-state index in [9.17, 15) is 4.79 Å². The molecule has 0 fully saturated rings. The van der Waals surface area contributed by atoms with Crippen molar-refractivity contribution in [3.8, 4) is 6.07 Å². The van der Waals surface area contributed by atoms with Crippen LogP contribution in [0.15, 0.2) is 42.5 Å². The summed E-state index contributed by atoms with van der Waals surface area (Å²) in [6.07, 6.45) is 0.254. The first-order valence-electron chi connectivity index (χ1n) is 6.57. The Kier molecular flexibility index (Phi) is 5.65. The van der Waals surface area contributed by atoms with Gasteiger partial charge in [0.2, 0.25) is 5.91 Å². The highest BCUT2D eigenvalue weighted by atomic mass is 35.5. The van der Waals surface area contributed by atoms with E-state index in [-0.39, 0.29) is 12.3 Å². The van der Waals surface area contributed by atoms with Gasteiger partial charge in [-0.3, -0.25) is 4.79 Å². The Morgan fingerprint density at radius 1 is 1.14 bits per heavy atom. The Morgan fingerprint density at radius 2 is 1.82 bits per heavy atom. The molecule has 0 atom stereocenters. The van der Waals surface area contributed by atoms with E-state index < -0.39 is 0 Å². The van der Waals surface area contributed by atoms with Gasteiger partial charge >= 0.3 is 0 Å². The molecule has 0 heterocycles. The quantitative estimate of drug-likeness (QED) is 0.856. The maximum atomic E-state index is 11.9. The smallest absolute Gasteiger partial charge is 0.226 e. The molecule has 1 amide bonds. The van der Waals surface area contributed by atoms with Crippen LogP contribution in [0, 0.1) is 11.3 Å². The maximum absolute atomic E-state index is 11.9. The minimum absolute atomic E-state index is 0.166. The van der Waals surface area contributed by atoms with Crippen molar-refractivity contribution in [1.29, 1.82) is 5.26 Å². The van der Waals surface area contributed by atoms with Crippen molar-refractivity contribution in [2.75, 3.05) is 17.2 Å². The number of para-hydroxylation sites is 1.